The van der Waals surface area contributed by atoms with Crippen molar-refractivity contribution < 1.29 is 22.8 Å². The molecule has 218 valence electrons. The molecule has 0 radical (unpaired) electrons. The van der Waals surface area contributed by atoms with E-state index < -0.39 is 17.6 Å². The number of carbonyl (C=O) groups excluding carboxylic acids is 2. The Kier molecular flexibility index (Phi) is 6.64. The van der Waals surface area contributed by atoms with Crippen molar-refractivity contribution in [2.24, 2.45) is 5.41 Å². The number of nitrogens with two attached hydrogens (primary N) is 1. The molecule has 0 spiro atoms. The molecule has 13 heteroatoms. The number of alkyl halides is 3. The maximum Gasteiger partial charge on any atom is 0.416 e. The summed E-state index contributed by atoms with van der Waals surface area (Å²) in [5, 5.41) is 2.57. The van der Waals surface area contributed by atoms with Crippen molar-refractivity contribution in [2.45, 2.75) is 51.2 Å². The zero-order valence-corrected chi connectivity index (χ0v) is 23.5. The third-order valence-corrected chi connectivity index (χ3v) is 8.40. The molecule has 42 heavy (non-hydrogen) atoms. The quantitative estimate of drug-likeness (QED) is 0.307. The van der Waals surface area contributed by atoms with Gasteiger partial charge in [-0.25, -0.2) is 15.0 Å². The number of fused-ring (bicyclic) bond motifs is 2. The molecule has 3 aromatic heterocycles. The van der Waals surface area contributed by atoms with E-state index in [1.807, 2.05) is 23.1 Å². The van der Waals surface area contributed by atoms with Crippen LogP contribution in [0.15, 0.2) is 48.9 Å². The van der Waals surface area contributed by atoms with Crippen LogP contribution in [0.2, 0.25) is 5.02 Å². The summed E-state index contributed by atoms with van der Waals surface area (Å²) < 4.78 is 41.0. The molecule has 2 aliphatic heterocycles. The van der Waals surface area contributed by atoms with Crippen LogP contribution in [0.4, 0.5) is 24.8 Å². The summed E-state index contributed by atoms with van der Waals surface area (Å²) in [5.41, 5.74) is 6.64. The molecular formula is C29H27ClF3N7O2. The van der Waals surface area contributed by atoms with Gasteiger partial charge in [0.1, 0.15) is 28.7 Å². The van der Waals surface area contributed by atoms with Gasteiger partial charge in [-0.1, -0.05) is 31.5 Å². The van der Waals surface area contributed by atoms with Crippen LogP contribution >= 0.6 is 11.6 Å². The van der Waals surface area contributed by atoms with Crippen LogP contribution in [0.25, 0.3) is 16.8 Å². The van der Waals surface area contributed by atoms with E-state index in [-0.39, 0.29) is 45.5 Å². The molecule has 2 atom stereocenters. The Bertz CT molecular complexity index is 1740. The average molecular weight is 598 g/mol. The van der Waals surface area contributed by atoms with Crippen molar-refractivity contribution in [3.8, 4) is 11.3 Å². The van der Waals surface area contributed by atoms with Crippen LogP contribution in [0.3, 0.4) is 0 Å². The average Bonchev–Trinajstić information content (AvgIpc) is 3.43. The molecule has 0 unspecified atom stereocenters. The summed E-state index contributed by atoms with van der Waals surface area (Å²) in [6.45, 7) is 4.52. The second-order valence-corrected chi connectivity index (χ2v) is 11.8. The van der Waals surface area contributed by atoms with E-state index in [4.69, 9.17) is 22.3 Å². The lowest BCUT2D eigenvalue weighted by molar-refractivity contribution is -0.138. The maximum atomic E-state index is 13.1. The smallest absolute Gasteiger partial charge is 0.382 e. The van der Waals surface area contributed by atoms with E-state index >= 15 is 0 Å². The van der Waals surface area contributed by atoms with E-state index in [0.29, 0.717) is 23.3 Å². The van der Waals surface area contributed by atoms with Crippen molar-refractivity contribution in [1.29, 1.82) is 0 Å². The topological polar surface area (TPSA) is 119 Å². The second-order valence-electron chi connectivity index (χ2n) is 11.4. The van der Waals surface area contributed by atoms with Gasteiger partial charge in [-0.15, -0.1) is 0 Å². The number of rotatable bonds is 4. The van der Waals surface area contributed by atoms with Gasteiger partial charge in [-0.05, 0) is 43.5 Å². The first kappa shape index (κ1) is 28.0. The number of pyridine rings is 1. The first-order valence-electron chi connectivity index (χ1n) is 13.4. The predicted octanol–water partition coefficient (Wildman–Crippen LogP) is 5.80. The van der Waals surface area contributed by atoms with Crippen LogP contribution in [0.5, 0.6) is 0 Å². The largest absolute Gasteiger partial charge is 0.416 e. The number of nitrogens with zero attached hydrogens (tertiary/aromatic N) is 5. The third kappa shape index (κ3) is 4.83. The number of anilines is 2. The van der Waals surface area contributed by atoms with Crippen LogP contribution in [-0.2, 0) is 11.0 Å². The molecule has 0 bridgehead atoms. The Labute approximate surface area is 243 Å². The number of halogens is 4. The lowest BCUT2D eigenvalue weighted by Crippen LogP contribution is -2.42. The number of nitrogens with one attached hydrogen (secondary N) is 1. The normalized spacial score (nSPS) is 20.1. The first-order valence-corrected chi connectivity index (χ1v) is 13.8. The van der Waals surface area contributed by atoms with Gasteiger partial charge in [-0.3, -0.25) is 14.0 Å². The molecule has 5 heterocycles. The van der Waals surface area contributed by atoms with Crippen molar-refractivity contribution in [3.05, 3.63) is 70.9 Å². The van der Waals surface area contributed by atoms with Crippen molar-refractivity contribution in [3.63, 3.8) is 0 Å². The highest BCUT2D eigenvalue weighted by Crippen LogP contribution is 2.44. The molecule has 9 nitrogen and oxygen atoms in total. The first-order chi connectivity index (χ1) is 19.8. The highest BCUT2D eigenvalue weighted by atomic mass is 35.5. The van der Waals surface area contributed by atoms with E-state index in [2.05, 4.69) is 15.3 Å². The van der Waals surface area contributed by atoms with Crippen LogP contribution in [0, 0.1) is 5.41 Å². The molecule has 0 saturated carbocycles. The lowest BCUT2D eigenvalue weighted by atomic mass is 9.87. The highest BCUT2D eigenvalue weighted by Gasteiger charge is 2.48. The van der Waals surface area contributed by atoms with Gasteiger partial charge in [0.2, 0.25) is 5.91 Å². The number of benzene rings is 1. The van der Waals surface area contributed by atoms with Crippen LogP contribution in [0.1, 0.15) is 60.8 Å². The van der Waals surface area contributed by atoms with E-state index in [0.717, 1.165) is 43.4 Å². The fourth-order valence-electron chi connectivity index (χ4n) is 6.04. The Morgan fingerprint density at radius 1 is 1.14 bits per heavy atom. The van der Waals surface area contributed by atoms with Crippen molar-refractivity contribution >= 4 is 40.6 Å². The van der Waals surface area contributed by atoms with Gasteiger partial charge in [-0.2, -0.15) is 13.2 Å². The number of piperidine rings is 1. The standard InChI is InChI=1S/C29H27ClF3N7O2/c1-28(2)13-18-5-3-16(14-40(18)27(28)42)25-38-22(23-24(34)36-9-10-39(23)25)19-6-4-15(11-20(19)30)26(41)37-21-12-17(7-8-35-21)29(31,32)33/h4,6-12,16,18H,3,5,13-14H2,1-2H3,(H2,34,36)(H,35,37,41)/t16-,18+/m1/s1. The number of amides is 2. The van der Waals surface area contributed by atoms with E-state index in [9.17, 15) is 22.8 Å². The van der Waals surface area contributed by atoms with Gasteiger partial charge in [0, 0.05) is 53.6 Å². The Hall–Kier alpha value is -4.19. The van der Waals surface area contributed by atoms with Gasteiger partial charge < -0.3 is 16.0 Å². The molecular weight excluding hydrogens is 571 g/mol. The minimum Gasteiger partial charge on any atom is -0.382 e. The molecule has 1 aromatic carbocycles. The predicted molar refractivity (Wildman–Crippen MR) is 151 cm³/mol. The molecule has 2 aliphatic rings. The lowest BCUT2D eigenvalue weighted by Gasteiger charge is -2.34. The summed E-state index contributed by atoms with van der Waals surface area (Å²) >= 11 is 6.66. The summed E-state index contributed by atoms with van der Waals surface area (Å²) in [6, 6.07) is 6.32. The highest BCUT2D eigenvalue weighted by molar-refractivity contribution is 6.34. The number of nitrogen functional groups attached to an aromatic ring is 1. The van der Waals surface area contributed by atoms with Gasteiger partial charge >= 0.3 is 6.18 Å². The minimum absolute atomic E-state index is 0.0362. The minimum atomic E-state index is -4.57. The van der Waals surface area contributed by atoms with E-state index in [1.165, 1.54) is 12.1 Å². The summed E-state index contributed by atoms with van der Waals surface area (Å²) in [6.07, 6.45) is 2.32. The van der Waals surface area contributed by atoms with Crippen LogP contribution < -0.4 is 11.1 Å². The van der Waals surface area contributed by atoms with Crippen LogP contribution in [-0.4, -0.2) is 48.7 Å². The molecule has 4 aromatic rings. The number of hydrogen-bond acceptors (Lipinski definition) is 6. The Balaban J connectivity index is 1.31. The fourth-order valence-corrected chi connectivity index (χ4v) is 6.31. The number of hydrogen-bond donors (Lipinski definition) is 2. The number of aromatic nitrogens is 4. The molecule has 2 saturated heterocycles. The Morgan fingerprint density at radius 2 is 1.93 bits per heavy atom. The molecule has 0 aliphatic carbocycles. The molecule has 2 amide bonds. The molecule has 6 rings (SSSR count). The molecule has 2 fully saturated rings. The third-order valence-electron chi connectivity index (χ3n) is 8.08. The van der Waals surface area contributed by atoms with E-state index in [1.54, 1.807) is 18.5 Å². The number of imidazole rings is 1. The fraction of sp³-hybridized carbons (Fsp3) is 0.345. The van der Waals surface area contributed by atoms with Crippen molar-refractivity contribution in [2.75, 3.05) is 17.6 Å². The summed E-state index contributed by atoms with van der Waals surface area (Å²) in [5.74, 6) is 0.169. The monoisotopic (exact) mass is 597 g/mol. The zero-order valence-electron chi connectivity index (χ0n) is 22.7. The molecule has 3 N–H and O–H groups in total. The SMILES string of the molecule is CC1(C)C[C@@H]2CC[C@@H](c3nc(-c4ccc(C(=O)Nc5cc(C(F)(F)F)ccn5)cc4Cl)c4c(N)nccn34)CN2C1=O. The van der Waals surface area contributed by atoms with Gasteiger partial charge in [0.15, 0.2) is 0 Å². The zero-order chi connectivity index (χ0) is 30.0. The second kappa shape index (κ2) is 9.97. The van der Waals surface area contributed by atoms with Gasteiger partial charge in [0.25, 0.3) is 5.91 Å². The number of carbonyl (C=O) groups is 2. The maximum absolute atomic E-state index is 13.1. The van der Waals surface area contributed by atoms with Crippen molar-refractivity contribution in [1.82, 2.24) is 24.3 Å². The van der Waals surface area contributed by atoms with Gasteiger partial charge in [0.05, 0.1) is 10.6 Å². The summed E-state index contributed by atoms with van der Waals surface area (Å²) in [7, 11) is 0. The summed E-state index contributed by atoms with van der Waals surface area (Å²) in [4.78, 5) is 40.9. The Morgan fingerprint density at radius 3 is 2.67 bits per heavy atom.